The van der Waals surface area contributed by atoms with Gasteiger partial charge in [0.05, 0.1) is 11.0 Å². The van der Waals surface area contributed by atoms with E-state index in [0.29, 0.717) is 0 Å². The second-order valence-electron chi connectivity index (χ2n) is 3.76. The van der Waals surface area contributed by atoms with Crippen molar-refractivity contribution in [2.24, 2.45) is 0 Å². The average Bonchev–Trinajstić information content (AvgIpc) is 2.74. The summed E-state index contributed by atoms with van der Waals surface area (Å²) in [6.45, 7) is 2.94. The molecule has 0 saturated carbocycles. The molecular weight excluding hydrogens is 284 g/mol. The van der Waals surface area contributed by atoms with Gasteiger partial charge in [-0.1, -0.05) is 0 Å². The zero-order valence-corrected chi connectivity index (χ0v) is 11.1. The van der Waals surface area contributed by atoms with E-state index >= 15 is 0 Å². The second kappa shape index (κ2) is 4.12. The van der Waals surface area contributed by atoms with Crippen LogP contribution in [-0.4, -0.2) is 12.2 Å². The summed E-state index contributed by atoms with van der Waals surface area (Å²) in [6, 6.07) is 2.04. The number of rotatable bonds is 2. The molecule has 0 radical (unpaired) electrons. The van der Waals surface area contributed by atoms with Gasteiger partial charge >= 0.3 is 0 Å². The van der Waals surface area contributed by atoms with Gasteiger partial charge < -0.3 is 4.74 Å². The second-order valence-corrected chi connectivity index (χ2v) is 6.00. The van der Waals surface area contributed by atoms with Crippen molar-refractivity contribution in [3.63, 3.8) is 0 Å². The molecule has 0 aliphatic carbocycles. The topological polar surface area (TPSA) is 9.23 Å². The Morgan fingerprint density at radius 2 is 2.50 bits per heavy atom. The Hall–Kier alpha value is 0.430. The standard InChI is InChI=1S/C10H12BrClOS/c1-10(4-2-5-13-10)9(12)8-7(11)3-6-14-8/h3,6,9H,2,4-5H2,1H3. The fourth-order valence-electron chi connectivity index (χ4n) is 1.76. The maximum absolute atomic E-state index is 6.46. The van der Waals surface area contributed by atoms with E-state index in [1.807, 2.05) is 11.4 Å². The molecule has 1 nitrogen and oxygen atoms in total. The Balaban J connectivity index is 2.23. The first-order valence-electron chi connectivity index (χ1n) is 4.64. The normalized spacial score (nSPS) is 29.4. The van der Waals surface area contributed by atoms with Crippen LogP contribution in [0.4, 0.5) is 0 Å². The van der Waals surface area contributed by atoms with Gasteiger partial charge in [-0.25, -0.2) is 0 Å². The van der Waals surface area contributed by atoms with Crippen molar-refractivity contribution in [2.75, 3.05) is 6.61 Å². The van der Waals surface area contributed by atoms with Crippen LogP contribution in [-0.2, 0) is 4.74 Å². The number of hydrogen-bond acceptors (Lipinski definition) is 2. The van der Waals surface area contributed by atoms with Crippen molar-refractivity contribution in [3.05, 3.63) is 20.8 Å². The quantitative estimate of drug-likeness (QED) is 0.737. The van der Waals surface area contributed by atoms with E-state index in [2.05, 4.69) is 22.9 Å². The smallest absolute Gasteiger partial charge is 0.0976 e. The molecule has 0 N–H and O–H groups in total. The van der Waals surface area contributed by atoms with Crippen LogP contribution in [0.3, 0.4) is 0 Å². The Morgan fingerprint density at radius 3 is 3.00 bits per heavy atom. The lowest BCUT2D eigenvalue weighted by molar-refractivity contribution is 0.0170. The first-order valence-corrected chi connectivity index (χ1v) is 6.75. The predicted molar refractivity (Wildman–Crippen MR) is 64.2 cm³/mol. The molecule has 1 fully saturated rings. The summed E-state index contributed by atoms with van der Waals surface area (Å²) >= 11 is 11.6. The van der Waals surface area contributed by atoms with Crippen LogP contribution < -0.4 is 0 Å². The molecule has 0 aromatic carbocycles. The van der Waals surface area contributed by atoms with E-state index in [4.69, 9.17) is 16.3 Å². The van der Waals surface area contributed by atoms with Crippen LogP contribution in [0.15, 0.2) is 15.9 Å². The molecule has 1 aromatic rings. The monoisotopic (exact) mass is 294 g/mol. The highest BCUT2D eigenvalue weighted by Gasteiger charge is 2.39. The maximum atomic E-state index is 6.46. The lowest BCUT2D eigenvalue weighted by atomic mass is 9.97. The lowest BCUT2D eigenvalue weighted by Gasteiger charge is -2.28. The van der Waals surface area contributed by atoms with Crippen LogP contribution >= 0.6 is 38.9 Å². The van der Waals surface area contributed by atoms with Crippen LogP contribution in [0.2, 0.25) is 0 Å². The molecule has 78 valence electrons. The van der Waals surface area contributed by atoms with E-state index < -0.39 is 0 Å². The number of thiophene rings is 1. The van der Waals surface area contributed by atoms with Crippen LogP contribution in [0.25, 0.3) is 0 Å². The van der Waals surface area contributed by atoms with E-state index in [0.717, 1.165) is 23.9 Å². The summed E-state index contributed by atoms with van der Waals surface area (Å²) in [5.74, 6) is 0. The highest BCUT2D eigenvalue weighted by molar-refractivity contribution is 9.10. The molecule has 1 aliphatic rings. The first kappa shape index (κ1) is 10.9. The van der Waals surface area contributed by atoms with Crippen molar-refractivity contribution in [2.45, 2.75) is 30.7 Å². The molecule has 1 aromatic heterocycles. The summed E-state index contributed by atoms with van der Waals surface area (Å²) < 4.78 is 6.83. The largest absolute Gasteiger partial charge is 0.373 e. The minimum Gasteiger partial charge on any atom is -0.373 e. The predicted octanol–water partition coefficient (Wildman–Crippen LogP) is 4.36. The molecule has 0 bridgehead atoms. The molecule has 0 amide bonds. The molecule has 4 heteroatoms. The maximum Gasteiger partial charge on any atom is 0.0976 e. The van der Waals surface area contributed by atoms with E-state index in [-0.39, 0.29) is 11.0 Å². The van der Waals surface area contributed by atoms with Gasteiger partial charge in [-0.3, -0.25) is 0 Å². The highest BCUT2D eigenvalue weighted by Crippen LogP contribution is 2.45. The van der Waals surface area contributed by atoms with Gasteiger partial charge in [0.2, 0.25) is 0 Å². The average molecular weight is 296 g/mol. The number of halogens is 2. The Morgan fingerprint density at radius 1 is 1.71 bits per heavy atom. The summed E-state index contributed by atoms with van der Waals surface area (Å²) in [6.07, 6.45) is 2.16. The molecule has 0 spiro atoms. The third-order valence-electron chi connectivity index (χ3n) is 2.66. The molecule has 2 heterocycles. The van der Waals surface area contributed by atoms with Gasteiger partial charge in [-0.05, 0) is 47.1 Å². The molecule has 1 saturated heterocycles. The molecule has 2 rings (SSSR count). The van der Waals surface area contributed by atoms with Crippen LogP contribution in [0, 0.1) is 0 Å². The van der Waals surface area contributed by atoms with Crippen LogP contribution in [0.1, 0.15) is 30.0 Å². The minimum absolute atomic E-state index is 0.0422. The first-order chi connectivity index (χ1) is 6.63. The van der Waals surface area contributed by atoms with Gasteiger partial charge in [0.25, 0.3) is 0 Å². The Labute approximate surface area is 102 Å². The van der Waals surface area contributed by atoms with Gasteiger partial charge in [-0.15, -0.1) is 22.9 Å². The molecule has 14 heavy (non-hydrogen) atoms. The molecule has 2 unspecified atom stereocenters. The fourth-order valence-corrected chi connectivity index (χ4v) is 4.06. The molecule has 2 atom stereocenters. The van der Waals surface area contributed by atoms with Gasteiger partial charge in [0, 0.05) is 16.0 Å². The van der Waals surface area contributed by atoms with Gasteiger partial charge in [0.1, 0.15) is 0 Å². The summed E-state index contributed by atoms with van der Waals surface area (Å²) in [5.41, 5.74) is -0.186. The third kappa shape index (κ3) is 1.87. The Kier molecular flexibility index (Phi) is 3.22. The summed E-state index contributed by atoms with van der Waals surface area (Å²) in [5, 5.41) is 2.01. The van der Waals surface area contributed by atoms with Gasteiger partial charge in [0.15, 0.2) is 0 Å². The highest BCUT2D eigenvalue weighted by atomic mass is 79.9. The zero-order valence-electron chi connectivity index (χ0n) is 7.93. The summed E-state index contributed by atoms with van der Waals surface area (Å²) in [4.78, 5) is 1.18. The van der Waals surface area contributed by atoms with E-state index in [1.165, 1.54) is 4.88 Å². The van der Waals surface area contributed by atoms with Crippen molar-refractivity contribution >= 4 is 38.9 Å². The van der Waals surface area contributed by atoms with Crippen LogP contribution in [0.5, 0.6) is 0 Å². The zero-order chi connectivity index (χ0) is 10.2. The van der Waals surface area contributed by atoms with Crippen molar-refractivity contribution in [3.8, 4) is 0 Å². The lowest BCUT2D eigenvalue weighted by Crippen LogP contribution is -2.28. The third-order valence-corrected chi connectivity index (χ3v) is 5.41. The minimum atomic E-state index is -0.186. The van der Waals surface area contributed by atoms with E-state index in [1.54, 1.807) is 11.3 Å². The number of alkyl halides is 1. The van der Waals surface area contributed by atoms with Crippen molar-refractivity contribution in [1.29, 1.82) is 0 Å². The summed E-state index contributed by atoms with van der Waals surface area (Å²) in [7, 11) is 0. The van der Waals surface area contributed by atoms with Gasteiger partial charge in [-0.2, -0.15) is 0 Å². The fraction of sp³-hybridized carbons (Fsp3) is 0.600. The number of hydrogen-bond donors (Lipinski definition) is 0. The number of ether oxygens (including phenoxy) is 1. The molecule has 1 aliphatic heterocycles. The SMILES string of the molecule is CC1(C(Cl)c2sccc2Br)CCCO1. The molecular formula is C10H12BrClOS. The van der Waals surface area contributed by atoms with E-state index in [9.17, 15) is 0 Å². The van der Waals surface area contributed by atoms with Crippen molar-refractivity contribution < 1.29 is 4.74 Å². The Bertz CT molecular complexity index is 320. The van der Waals surface area contributed by atoms with Crippen molar-refractivity contribution in [1.82, 2.24) is 0 Å².